The van der Waals surface area contributed by atoms with Crippen LogP contribution in [0.1, 0.15) is 88.0 Å². The van der Waals surface area contributed by atoms with Crippen molar-refractivity contribution in [2.75, 3.05) is 9.80 Å². The number of fused-ring (bicyclic) bond motifs is 12. The first-order chi connectivity index (χ1) is 38.0. The quantitative estimate of drug-likeness (QED) is 0.151. The van der Waals surface area contributed by atoms with Crippen LogP contribution >= 0.6 is 0 Å². The molecule has 0 amide bonds. The molecule has 4 heteroatoms. The smallest absolute Gasteiger partial charge is 0.0638 e. The van der Waals surface area contributed by atoms with Crippen molar-refractivity contribution in [3.63, 3.8) is 0 Å². The molecule has 0 saturated carbocycles. The summed E-state index contributed by atoms with van der Waals surface area (Å²) in [5.74, 6) is 0. The molecular weight excluding hydrogens is 945 g/mol. The van der Waals surface area contributed by atoms with E-state index < -0.39 is 0 Å². The number of benzene rings is 9. The fourth-order valence-electron chi connectivity index (χ4n) is 13.4. The minimum absolute atomic E-state index is 0.0131. The first kappa shape index (κ1) is 46.4. The molecule has 378 valence electrons. The number of aryl methyl sites for hydroxylation is 2. The van der Waals surface area contributed by atoms with Gasteiger partial charge >= 0.3 is 0 Å². The fraction of sp³-hybridized carbons (Fsp3) is 0.162. The van der Waals surface area contributed by atoms with Crippen molar-refractivity contribution in [1.82, 2.24) is 8.80 Å². The molecule has 78 heavy (non-hydrogen) atoms. The second kappa shape index (κ2) is 17.3. The SMILES string of the molecule is CC(C)(C)c1ccc(N(c2ccccc2)c2ccc3c4cc5c(cc4n4c6c(c2c34)CCC=C6)c2ccc(N(c3ccccc3)c3ccc(C(C)(C)C)cc3-c3ccccc3)c3c4c(n5c32)C=CCC4)c(-c2ccccc2)c1. The first-order valence-corrected chi connectivity index (χ1v) is 28.0. The zero-order valence-electron chi connectivity index (χ0n) is 45.4. The molecule has 0 atom stereocenters. The average molecular weight is 1010 g/mol. The van der Waals surface area contributed by atoms with E-state index in [0.717, 1.165) is 37.1 Å². The van der Waals surface area contributed by atoms with Crippen molar-refractivity contribution in [3.05, 3.63) is 240 Å². The van der Waals surface area contributed by atoms with Gasteiger partial charge in [0.25, 0.3) is 0 Å². The van der Waals surface area contributed by atoms with Crippen LogP contribution < -0.4 is 9.80 Å². The zero-order chi connectivity index (χ0) is 52.6. The Balaban J connectivity index is 0.993. The second-order valence-corrected chi connectivity index (χ2v) is 23.9. The molecule has 0 spiro atoms. The van der Waals surface area contributed by atoms with Gasteiger partial charge in [0.1, 0.15) is 0 Å². The van der Waals surface area contributed by atoms with Crippen molar-refractivity contribution in [2.45, 2.75) is 78.1 Å². The summed E-state index contributed by atoms with van der Waals surface area (Å²) < 4.78 is 5.24. The highest BCUT2D eigenvalue weighted by Crippen LogP contribution is 2.54. The van der Waals surface area contributed by atoms with Gasteiger partial charge in [-0.05, 0) is 155 Å². The summed E-state index contributed by atoms with van der Waals surface area (Å²) >= 11 is 0. The van der Waals surface area contributed by atoms with Gasteiger partial charge in [0.2, 0.25) is 0 Å². The summed E-state index contributed by atoms with van der Waals surface area (Å²) in [5.41, 5.74) is 25.1. The third-order valence-corrected chi connectivity index (χ3v) is 17.2. The summed E-state index contributed by atoms with van der Waals surface area (Å²) in [7, 11) is 0. The van der Waals surface area contributed by atoms with E-state index in [0.29, 0.717) is 0 Å². The van der Waals surface area contributed by atoms with Gasteiger partial charge in [0, 0.05) is 66.2 Å². The molecule has 15 rings (SSSR count). The number of aromatic nitrogens is 2. The molecule has 9 aromatic carbocycles. The maximum atomic E-state index is 2.62. The van der Waals surface area contributed by atoms with Gasteiger partial charge in [-0.15, -0.1) is 0 Å². The molecule has 0 fully saturated rings. The van der Waals surface area contributed by atoms with E-state index in [2.05, 4.69) is 279 Å². The van der Waals surface area contributed by atoms with Crippen LogP contribution in [-0.2, 0) is 23.7 Å². The number of hydrogen-bond acceptors (Lipinski definition) is 2. The lowest BCUT2D eigenvalue weighted by Crippen LogP contribution is -2.15. The van der Waals surface area contributed by atoms with Crippen LogP contribution in [0, 0.1) is 0 Å². The van der Waals surface area contributed by atoms with Gasteiger partial charge in [-0.2, -0.15) is 0 Å². The van der Waals surface area contributed by atoms with E-state index in [4.69, 9.17) is 0 Å². The topological polar surface area (TPSA) is 15.3 Å². The molecule has 0 N–H and O–H groups in total. The lowest BCUT2D eigenvalue weighted by atomic mass is 9.84. The van der Waals surface area contributed by atoms with Crippen LogP contribution in [0.3, 0.4) is 0 Å². The van der Waals surface area contributed by atoms with Crippen LogP contribution in [-0.4, -0.2) is 8.80 Å². The Morgan fingerprint density at radius 2 is 0.744 bits per heavy atom. The number of hydrogen-bond donors (Lipinski definition) is 0. The van der Waals surface area contributed by atoms with Gasteiger partial charge in [0.05, 0.1) is 44.8 Å². The van der Waals surface area contributed by atoms with E-state index in [1.165, 1.54) is 133 Å². The van der Waals surface area contributed by atoms with Gasteiger partial charge < -0.3 is 18.6 Å². The van der Waals surface area contributed by atoms with Crippen LogP contribution in [0.2, 0.25) is 0 Å². The van der Waals surface area contributed by atoms with Gasteiger partial charge in [-0.25, -0.2) is 0 Å². The maximum absolute atomic E-state index is 2.62. The predicted molar refractivity (Wildman–Crippen MR) is 333 cm³/mol. The Morgan fingerprint density at radius 3 is 1.13 bits per heavy atom. The van der Waals surface area contributed by atoms with E-state index >= 15 is 0 Å². The average Bonchev–Trinajstić information content (AvgIpc) is 2.91. The molecule has 4 aromatic heterocycles. The summed E-state index contributed by atoms with van der Waals surface area (Å²) in [6, 6.07) is 73.1. The van der Waals surface area contributed by atoms with Crippen molar-refractivity contribution in [2.24, 2.45) is 0 Å². The summed E-state index contributed by atoms with van der Waals surface area (Å²) in [6.07, 6.45) is 13.6. The molecular formula is C74H62N4. The van der Waals surface area contributed by atoms with E-state index in [9.17, 15) is 0 Å². The van der Waals surface area contributed by atoms with Crippen LogP contribution in [0.5, 0.6) is 0 Å². The van der Waals surface area contributed by atoms with Crippen LogP contribution in [0.4, 0.5) is 34.1 Å². The number of anilines is 6. The molecule has 13 aromatic rings. The first-order valence-electron chi connectivity index (χ1n) is 28.0. The molecule has 0 bridgehead atoms. The monoisotopic (exact) mass is 1010 g/mol. The summed E-state index contributed by atoms with van der Waals surface area (Å²) in [5, 5.41) is 7.83. The highest BCUT2D eigenvalue weighted by atomic mass is 15.2. The maximum Gasteiger partial charge on any atom is 0.0638 e. The molecule has 2 aliphatic rings. The molecule has 0 radical (unpaired) electrons. The second-order valence-electron chi connectivity index (χ2n) is 23.9. The highest BCUT2D eigenvalue weighted by Gasteiger charge is 2.32. The van der Waals surface area contributed by atoms with E-state index in [1.54, 1.807) is 0 Å². The number of para-hydroxylation sites is 2. The van der Waals surface area contributed by atoms with E-state index in [-0.39, 0.29) is 10.8 Å². The minimum atomic E-state index is -0.0131. The number of allylic oxidation sites excluding steroid dienone is 2. The largest absolute Gasteiger partial charge is 0.309 e. The molecule has 0 aliphatic heterocycles. The fourth-order valence-corrected chi connectivity index (χ4v) is 13.4. The minimum Gasteiger partial charge on any atom is -0.309 e. The van der Waals surface area contributed by atoms with Crippen molar-refractivity contribution < 1.29 is 0 Å². The third-order valence-electron chi connectivity index (χ3n) is 17.2. The van der Waals surface area contributed by atoms with Gasteiger partial charge in [-0.3, -0.25) is 0 Å². The van der Waals surface area contributed by atoms with E-state index in [1.807, 2.05) is 0 Å². The van der Waals surface area contributed by atoms with Crippen LogP contribution in [0.25, 0.3) is 88.8 Å². The normalized spacial score (nSPS) is 13.7. The highest BCUT2D eigenvalue weighted by molar-refractivity contribution is 6.27. The Labute approximate surface area is 457 Å². The van der Waals surface area contributed by atoms with Crippen LogP contribution in [0.15, 0.2) is 206 Å². The van der Waals surface area contributed by atoms with Crippen molar-refractivity contribution in [3.8, 4) is 22.3 Å². The zero-order valence-corrected chi connectivity index (χ0v) is 45.4. The lowest BCUT2D eigenvalue weighted by molar-refractivity contribution is 0.590. The van der Waals surface area contributed by atoms with Gasteiger partial charge in [0.15, 0.2) is 0 Å². The standard InChI is InChI=1S/C74H62N4/c1-73(2,3)49-35-39-63(57(43-49)47-23-11-7-12-24-47)75(51-27-15-9-16-28-51)65-41-37-53-59-45-68-60(46-67(59)77-61-33-21-19-31-55(61)69(65)71(53)77)54-38-42-66(70-56-32-20-22-34-62(56)78(68)72(54)70)76(52-29-17-10-18-30-52)64-40-36-50(74(4,5)6)44-58(64)48-25-13-8-14-26-48/h7-18,21-30,33-46H,19-20,31-32H2,1-6H3. The summed E-state index contributed by atoms with van der Waals surface area (Å²) in [6.45, 7) is 13.9. The number of rotatable bonds is 8. The lowest BCUT2D eigenvalue weighted by Gasteiger charge is -2.30. The number of nitrogens with zero attached hydrogens (tertiary/aromatic N) is 4. The Kier molecular flexibility index (Phi) is 10.3. The summed E-state index contributed by atoms with van der Waals surface area (Å²) in [4.78, 5) is 5.09. The van der Waals surface area contributed by atoms with Gasteiger partial charge in [-0.1, -0.05) is 175 Å². The molecule has 0 unspecified atom stereocenters. The molecule has 4 heterocycles. The molecule has 0 saturated heterocycles. The van der Waals surface area contributed by atoms with Crippen molar-refractivity contribution in [1.29, 1.82) is 0 Å². The third kappa shape index (κ3) is 6.98. The molecule has 2 aliphatic carbocycles. The Morgan fingerprint density at radius 1 is 0.372 bits per heavy atom. The van der Waals surface area contributed by atoms with Crippen molar-refractivity contribution >= 4 is 101 Å². The Hall–Kier alpha value is -8.86. The molecule has 4 nitrogen and oxygen atoms in total. The predicted octanol–water partition coefficient (Wildman–Crippen LogP) is 20.5. The Bertz CT molecular complexity index is 4250.